The van der Waals surface area contributed by atoms with Crippen LogP contribution in [0.25, 0.3) is 10.8 Å². The Morgan fingerprint density at radius 2 is 1.83 bits per heavy atom. The molecule has 2 aromatic carbocycles. The van der Waals surface area contributed by atoms with Crippen molar-refractivity contribution in [1.82, 2.24) is 4.90 Å². The fraction of sp³-hybridized carbons (Fsp3) is 0.545. The van der Waals surface area contributed by atoms with E-state index in [9.17, 15) is 0 Å². The first-order valence-corrected chi connectivity index (χ1v) is 9.50. The fourth-order valence-electron chi connectivity index (χ4n) is 4.20. The van der Waals surface area contributed by atoms with Gasteiger partial charge >= 0.3 is 0 Å². The Morgan fingerprint density at radius 1 is 1.04 bits per heavy atom. The maximum atomic E-state index is 5.34. The molecule has 1 heterocycles. The van der Waals surface area contributed by atoms with Crippen molar-refractivity contribution in [3.63, 3.8) is 0 Å². The number of likely N-dealkylation sites (tertiary alicyclic amines) is 1. The zero-order chi connectivity index (χ0) is 16.9. The van der Waals surface area contributed by atoms with E-state index in [0.717, 1.165) is 17.8 Å². The number of rotatable bonds is 6. The van der Waals surface area contributed by atoms with Crippen molar-refractivity contribution in [3.05, 3.63) is 42.0 Å². The van der Waals surface area contributed by atoms with Crippen LogP contribution < -0.4 is 4.74 Å². The highest BCUT2D eigenvalue weighted by atomic mass is 16.5. The van der Waals surface area contributed by atoms with E-state index in [0.29, 0.717) is 0 Å². The number of aryl methyl sites for hydroxylation is 1. The SMILES string of the molecule is COc1ccc2c(CCCCN3[C@H](C)CCC[C@@H]3C)cccc2c1. The predicted octanol–water partition coefficient (Wildman–Crippen LogP) is 5.43. The number of ether oxygens (including phenoxy) is 1. The van der Waals surface area contributed by atoms with Crippen molar-refractivity contribution in [2.24, 2.45) is 0 Å². The van der Waals surface area contributed by atoms with Crippen LogP contribution in [0.2, 0.25) is 0 Å². The molecule has 2 aromatic rings. The predicted molar refractivity (Wildman–Crippen MR) is 103 cm³/mol. The average molecular weight is 325 g/mol. The summed E-state index contributed by atoms with van der Waals surface area (Å²) in [6, 6.07) is 14.6. The Morgan fingerprint density at radius 3 is 2.58 bits per heavy atom. The Labute approximate surface area is 146 Å². The standard InChI is InChI=1S/C22H31NO/c1-17-8-6-9-18(2)23(17)15-5-4-10-19-11-7-12-20-16-21(24-3)13-14-22(19)20/h7,11-14,16-18H,4-6,8-10,15H2,1-3H3/t17-,18+. The van der Waals surface area contributed by atoms with Gasteiger partial charge in [0.15, 0.2) is 0 Å². The summed E-state index contributed by atoms with van der Waals surface area (Å²) < 4.78 is 5.34. The zero-order valence-corrected chi connectivity index (χ0v) is 15.4. The van der Waals surface area contributed by atoms with Crippen LogP contribution >= 0.6 is 0 Å². The number of hydrogen-bond donors (Lipinski definition) is 0. The third-order valence-corrected chi connectivity index (χ3v) is 5.67. The summed E-state index contributed by atoms with van der Waals surface area (Å²) >= 11 is 0. The molecule has 0 unspecified atom stereocenters. The zero-order valence-electron chi connectivity index (χ0n) is 15.4. The maximum Gasteiger partial charge on any atom is 0.119 e. The number of methoxy groups -OCH3 is 1. The van der Waals surface area contributed by atoms with Crippen molar-refractivity contribution in [1.29, 1.82) is 0 Å². The molecule has 1 aliphatic heterocycles. The molecule has 0 aromatic heterocycles. The molecule has 130 valence electrons. The molecular weight excluding hydrogens is 294 g/mol. The lowest BCUT2D eigenvalue weighted by Gasteiger charge is -2.39. The van der Waals surface area contributed by atoms with Gasteiger partial charge in [0, 0.05) is 12.1 Å². The second-order valence-corrected chi connectivity index (χ2v) is 7.33. The van der Waals surface area contributed by atoms with E-state index in [1.165, 1.54) is 61.4 Å². The minimum absolute atomic E-state index is 0.763. The number of fused-ring (bicyclic) bond motifs is 1. The normalized spacial score (nSPS) is 22.0. The molecule has 2 heteroatoms. The number of benzene rings is 2. The molecular formula is C22H31NO. The molecule has 24 heavy (non-hydrogen) atoms. The maximum absolute atomic E-state index is 5.34. The van der Waals surface area contributed by atoms with E-state index in [1.54, 1.807) is 7.11 Å². The first-order valence-electron chi connectivity index (χ1n) is 9.50. The topological polar surface area (TPSA) is 12.5 Å². The van der Waals surface area contributed by atoms with E-state index in [1.807, 2.05) is 0 Å². The van der Waals surface area contributed by atoms with Gasteiger partial charge in [0.05, 0.1) is 7.11 Å². The number of unbranched alkanes of at least 4 members (excludes halogenated alkanes) is 1. The van der Waals surface area contributed by atoms with Gasteiger partial charge in [-0.1, -0.05) is 30.7 Å². The van der Waals surface area contributed by atoms with Gasteiger partial charge in [-0.3, -0.25) is 4.90 Å². The van der Waals surface area contributed by atoms with Gasteiger partial charge in [0.2, 0.25) is 0 Å². The first kappa shape index (κ1) is 17.3. The Kier molecular flexibility index (Phi) is 5.78. The summed E-state index contributed by atoms with van der Waals surface area (Å²) in [5, 5.41) is 2.66. The molecule has 2 atom stereocenters. The molecule has 0 bridgehead atoms. The molecule has 2 nitrogen and oxygen atoms in total. The third kappa shape index (κ3) is 3.92. The molecule has 0 amide bonds. The summed E-state index contributed by atoms with van der Waals surface area (Å²) in [6.45, 7) is 6.04. The van der Waals surface area contributed by atoms with Crippen molar-refractivity contribution in [2.75, 3.05) is 13.7 Å². The molecule has 1 saturated heterocycles. The Hall–Kier alpha value is -1.54. The molecule has 1 aliphatic rings. The van der Waals surface area contributed by atoms with Gasteiger partial charge in [0.1, 0.15) is 5.75 Å². The van der Waals surface area contributed by atoms with Crippen molar-refractivity contribution >= 4 is 10.8 Å². The van der Waals surface area contributed by atoms with Crippen molar-refractivity contribution in [2.45, 2.75) is 64.5 Å². The third-order valence-electron chi connectivity index (χ3n) is 5.67. The molecule has 0 saturated carbocycles. The lowest BCUT2D eigenvalue weighted by Crippen LogP contribution is -2.44. The largest absolute Gasteiger partial charge is 0.497 e. The van der Waals surface area contributed by atoms with Crippen LogP contribution in [0.4, 0.5) is 0 Å². The quantitative estimate of drug-likeness (QED) is 0.656. The van der Waals surface area contributed by atoms with E-state index in [4.69, 9.17) is 4.74 Å². The van der Waals surface area contributed by atoms with Crippen molar-refractivity contribution in [3.8, 4) is 5.75 Å². The number of piperidine rings is 1. The van der Waals surface area contributed by atoms with Crippen LogP contribution in [-0.2, 0) is 6.42 Å². The van der Waals surface area contributed by atoms with Gasteiger partial charge < -0.3 is 4.74 Å². The van der Waals surface area contributed by atoms with Gasteiger partial charge in [-0.2, -0.15) is 0 Å². The summed E-state index contributed by atoms with van der Waals surface area (Å²) in [5.74, 6) is 0.938. The van der Waals surface area contributed by atoms with E-state index >= 15 is 0 Å². The van der Waals surface area contributed by atoms with E-state index in [2.05, 4.69) is 55.1 Å². The second-order valence-electron chi connectivity index (χ2n) is 7.33. The molecule has 1 fully saturated rings. The molecule has 3 rings (SSSR count). The van der Waals surface area contributed by atoms with Gasteiger partial charge in [-0.25, -0.2) is 0 Å². The Balaban J connectivity index is 1.58. The lowest BCUT2D eigenvalue weighted by molar-refractivity contribution is 0.101. The van der Waals surface area contributed by atoms with E-state index < -0.39 is 0 Å². The van der Waals surface area contributed by atoms with Crippen LogP contribution in [0.15, 0.2) is 36.4 Å². The van der Waals surface area contributed by atoms with E-state index in [-0.39, 0.29) is 0 Å². The van der Waals surface area contributed by atoms with Crippen molar-refractivity contribution < 1.29 is 4.74 Å². The van der Waals surface area contributed by atoms with Crippen LogP contribution in [0.3, 0.4) is 0 Å². The molecule has 0 aliphatic carbocycles. The summed E-state index contributed by atoms with van der Waals surface area (Å²) in [6.07, 6.45) is 7.87. The minimum Gasteiger partial charge on any atom is -0.497 e. The highest BCUT2D eigenvalue weighted by Crippen LogP contribution is 2.26. The summed E-state index contributed by atoms with van der Waals surface area (Å²) in [5.41, 5.74) is 1.47. The Bertz CT molecular complexity index is 656. The van der Waals surface area contributed by atoms with Crippen LogP contribution in [0, 0.1) is 0 Å². The van der Waals surface area contributed by atoms with Crippen LogP contribution in [0.1, 0.15) is 51.5 Å². The number of nitrogens with zero attached hydrogens (tertiary/aromatic N) is 1. The highest BCUT2D eigenvalue weighted by Gasteiger charge is 2.23. The van der Waals surface area contributed by atoms with Crippen LogP contribution in [0.5, 0.6) is 5.75 Å². The second kappa shape index (κ2) is 8.02. The smallest absolute Gasteiger partial charge is 0.119 e. The molecule has 0 N–H and O–H groups in total. The molecule has 0 radical (unpaired) electrons. The van der Waals surface area contributed by atoms with Gasteiger partial charge in [-0.05, 0) is 81.0 Å². The fourth-order valence-corrected chi connectivity index (χ4v) is 4.20. The average Bonchev–Trinajstić information content (AvgIpc) is 2.60. The van der Waals surface area contributed by atoms with Gasteiger partial charge in [0.25, 0.3) is 0 Å². The van der Waals surface area contributed by atoms with Gasteiger partial charge in [-0.15, -0.1) is 0 Å². The monoisotopic (exact) mass is 325 g/mol. The lowest BCUT2D eigenvalue weighted by atomic mass is 9.96. The first-order chi connectivity index (χ1) is 11.7. The molecule has 0 spiro atoms. The van der Waals surface area contributed by atoms with Crippen LogP contribution in [-0.4, -0.2) is 30.6 Å². The minimum atomic E-state index is 0.763. The summed E-state index contributed by atoms with van der Waals surface area (Å²) in [4.78, 5) is 2.72. The highest BCUT2D eigenvalue weighted by molar-refractivity contribution is 5.87. The number of hydrogen-bond acceptors (Lipinski definition) is 2. The summed E-state index contributed by atoms with van der Waals surface area (Å²) in [7, 11) is 1.73.